The summed E-state index contributed by atoms with van der Waals surface area (Å²) in [5.41, 5.74) is -0.151. The molecule has 0 aliphatic heterocycles. The monoisotopic (exact) mass is 255 g/mol. The van der Waals surface area contributed by atoms with Gasteiger partial charge in [-0.2, -0.15) is 0 Å². The summed E-state index contributed by atoms with van der Waals surface area (Å²) < 4.78 is 1.33. The number of carbonyl (C=O) groups excluding carboxylic acids is 1. The van der Waals surface area contributed by atoms with Gasteiger partial charge in [0.25, 0.3) is 0 Å². The second-order valence-electron chi connectivity index (χ2n) is 4.32. The predicted octanol–water partition coefficient (Wildman–Crippen LogP) is 0.653. The van der Waals surface area contributed by atoms with Gasteiger partial charge >= 0.3 is 5.69 Å². The summed E-state index contributed by atoms with van der Waals surface area (Å²) in [6.45, 7) is 5.30. The van der Waals surface area contributed by atoms with Crippen molar-refractivity contribution in [1.29, 1.82) is 0 Å². The van der Waals surface area contributed by atoms with Crippen molar-refractivity contribution in [2.24, 2.45) is 7.05 Å². The van der Waals surface area contributed by atoms with Crippen LogP contribution in [0, 0.1) is 10.1 Å². The van der Waals surface area contributed by atoms with Crippen LogP contribution in [0.4, 0.5) is 11.5 Å². The van der Waals surface area contributed by atoms with Gasteiger partial charge in [-0.05, 0) is 20.8 Å². The number of hydrogen-bond acceptors (Lipinski definition) is 5. The number of anilines is 1. The minimum atomic E-state index is -0.596. The standard InChI is InChI=1S/C10H17N5O3/c1-6(2)11-10(16)7(3)12-9-8(15(17)18)5-14(4)13-9/h5-7H,1-4H3,(H,11,16)(H,12,13). The van der Waals surface area contributed by atoms with Crippen molar-refractivity contribution in [2.75, 3.05) is 5.32 Å². The molecule has 0 saturated heterocycles. The molecule has 1 amide bonds. The van der Waals surface area contributed by atoms with Crippen molar-refractivity contribution in [1.82, 2.24) is 15.1 Å². The first-order valence-electron chi connectivity index (χ1n) is 5.56. The van der Waals surface area contributed by atoms with Gasteiger partial charge < -0.3 is 10.6 Å². The number of nitro groups is 1. The zero-order valence-electron chi connectivity index (χ0n) is 10.8. The molecule has 0 aliphatic rings. The van der Waals surface area contributed by atoms with Crippen LogP contribution in [0.2, 0.25) is 0 Å². The van der Waals surface area contributed by atoms with Gasteiger partial charge in [0, 0.05) is 13.1 Å². The largest absolute Gasteiger partial charge is 0.352 e. The minimum Gasteiger partial charge on any atom is -0.352 e. The van der Waals surface area contributed by atoms with Crippen LogP contribution in [0.1, 0.15) is 20.8 Å². The van der Waals surface area contributed by atoms with Crippen molar-refractivity contribution in [3.05, 3.63) is 16.3 Å². The average molecular weight is 255 g/mol. The molecule has 0 aromatic carbocycles. The van der Waals surface area contributed by atoms with E-state index in [1.54, 1.807) is 14.0 Å². The lowest BCUT2D eigenvalue weighted by Gasteiger charge is -2.15. The highest BCUT2D eigenvalue weighted by Gasteiger charge is 2.22. The molecule has 0 bridgehead atoms. The van der Waals surface area contributed by atoms with Crippen molar-refractivity contribution >= 4 is 17.4 Å². The van der Waals surface area contributed by atoms with E-state index in [9.17, 15) is 14.9 Å². The summed E-state index contributed by atoms with van der Waals surface area (Å²) >= 11 is 0. The first-order valence-corrected chi connectivity index (χ1v) is 5.56. The lowest BCUT2D eigenvalue weighted by molar-refractivity contribution is -0.384. The van der Waals surface area contributed by atoms with Crippen LogP contribution >= 0.6 is 0 Å². The molecule has 0 aliphatic carbocycles. The molecular weight excluding hydrogens is 238 g/mol. The lowest BCUT2D eigenvalue weighted by atomic mass is 10.3. The Morgan fingerprint density at radius 3 is 2.61 bits per heavy atom. The zero-order valence-corrected chi connectivity index (χ0v) is 10.8. The Balaban J connectivity index is 2.78. The third-order valence-corrected chi connectivity index (χ3v) is 2.18. The molecule has 0 saturated carbocycles. The third-order valence-electron chi connectivity index (χ3n) is 2.18. The fraction of sp³-hybridized carbons (Fsp3) is 0.600. The van der Waals surface area contributed by atoms with Crippen LogP contribution in [0.15, 0.2) is 6.20 Å². The van der Waals surface area contributed by atoms with E-state index in [-0.39, 0.29) is 23.5 Å². The SMILES string of the molecule is CC(C)NC(=O)C(C)Nc1nn(C)cc1[N+](=O)[O-]. The quantitative estimate of drug-likeness (QED) is 0.594. The Hall–Kier alpha value is -2.12. The number of nitrogens with zero attached hydrogens (tertiary/aromatic N) is 3. The maximum atomic E-state index is 11.7. The van der Waals surface area contributed by atoms with Crippen LogP contribution in [0.25, 0.3) is 0 Å². The van der Waals surface area contributed by atoms with E-state index in [1.165, 1.54) is 10.9 Å². The Morgan fingerprint density at radius 2 is 2.11 bits per heavy atom. The summed E-state index contributed by atoms with van der Waals surface area (Å²) in [4.78, 5) is 21.9. The molecule has 1 heterocycles. The summed E-state index contributed by atoms with van der Waals surface area (Å²) in [6, 6.07) is -0.582. The fourth-order valence-electron chi connectivity index (χ4n) is 1.39. The maximum Gasteiger partial charge on any atom is 0.330 e. The lowest BCUT2D eigenvalue weighted by Crippen LogP contribution is -2.41. The maximum absolute atomic E-state index is 11.7. The first kappa shape index (κ1) is 13.9. The number of amides is 1. The molecule has 1 aromatic rings. The van der Waals surface area contributed by atoms with Gasteiger partial charge in [-0.25, -0.2) is 0 Å². The van der Waals surface area contributed by atoms with E-state index in [2.05, 4.69) is 15.7 Å². The fourth-order valence-corrected chi connectivity index (χ4v) is 1.39. The molecule has 8 heteroatoms. The van der Waals surface area contributed by atoms with Gasteiger partial charge in [-0.3, -0.25) is 19.6 Å². The van der Waals surface area contributed by atoms with Gasteiger partial charge in [0.15, 0.2) is 0 Å². The van der Waals surface area contributed by atoms with E-state index in [4.69, 9.17) is 0 Å². The van der Waals surface area contributed by atoms with Gasteiger partial charge in [0.1, 0.15) is 12.2 Å². The van der Waals surface area contributed by atoms with Crippen molar-refractivity contribution in [3.63, 3.8) is 0 Å². The topological polar surface area (TPSA) is 102 Å². The van der Waals surface area contributed by atoms with E-state index >= 15 is 0 Å². The van der Waals surface area contributed by atoms with Gasteiger partial charge in [-0.1, -0.05) is 0 Å². The van der Waals surface area contributed by atoms with Crippen LogP contribution in [-0.4, -0.2) is 32.7 Å². The average Bonchev–Trinajstić information content (AvgIpc) is 2.58. The summed E-state index contributed by atoms with van der Waals surface area (Å²) in [5, 5.41) is 20.1. The first-order chi connectivity index (χ1) is 8.31. The number of nitrogens with one attached hydrogen (secondary N) is 2. The van der Waals surface area contributed by atoms with E-state index in [1.807, 2.05) is 13.8 Å². The van der Waals surface area contributed by atoms with Crippen LogP contribution in [0.3, 0.4) is 0 Å². The molecule has 1 rings (SSSR count). The molecule has 0 fully saturated rings. The summed E-state index contributed by atoms with van der Waals surface area (Å²) in [7, 11) is 1.58. The number of aryl methyl sites for hydroxylation is 1. The highest BCUT2D eigenvalue weighted by Crippen LogP contribution is 2.21. The van der Waals surface area contributed by atoms with Crippen molar-refractivity contribution in [3.8, 4) is 0 Å². The van der Waals surface area contributed by atoms with E-state index in [0.717, 1.165) is 0 Å². The minimum absolute atomic E-state index is 0.0143. The van der Waals surface area contributed by atoms with Gasteiger partial charge in [0.2, 0.25) is 11.7 Å². The molecule has 0 spiro atoms. The number of carbonyl (C=O) groups is 1. The van der Waals surface area contributed by atoms with Gasteiger partial charge in [-0.15, -0.1) is 5.10 Å². The molecule has 2 N–H and O–H groups in total. The van der Waals surface area contributed by atoms with Crippen LogP contribution in [0.5, 0.6) is 0 Å². The summed E-state index contributed by atoms with van der Waals surface area (Å²) in [6.07, 6.45) is 1.29. The predicted molar refractivity (Wildman–Crippen MR) is 66.2 cm³/mol. The van der Waals surface area contributed by atoms with Gasteiger partial charge in [0.05, 0.1) is 4.92 Å². The highest BCUT2D eigenvalue weighted by molar-refractivity contribution is 5.84. The summed E-state index contributed by atoms with van der Waals surface area (Å²) in [5.74, 6) is -0.140. The zero-order chi connectivity index (χ0) is 13.9. The smallest absolute Gasteiger partial charge is 0.330 e. The van der Waals surface area contributed by atoms with Crippen LogP contribution in [-0.2, 0) is 11.8 Å². The molecule has 1 atom stereocenters. The highest BCUT2D eigenvalue weighted by atomic mass is 16.6. The molecule has 8 nitrogen and oxygen atoms in total. The second-order valence-corrected chi connectivity index (χ2v) is 4.32. The molecular formula is C10H17N5O3. The molecule has 0 radical (unpaired) electrons. The molecule has 1 unspecified atom stereocenters. The molecule has 18 heavy (non-hydrogen) atoms. The van der Waals surface area contributed by atoms with Crippen molar-refractivity contribution in [2.45, 2.75) is 32.9 Å². The Morgan fingerprint density at radius 1 is 1.50 bits per heavy atom. The third kappa shape index (κ3) is 3.44. The van der Waals surface area contributed by atoms with Crippen molar-refractivity contribution < 1.29 is 9.72 Å². The molecule has 100 valence electrons. The van der Waals surface area contributed by atoms with Crippen LogP contribution < -0.4 is 10.6 Å². The Kier molecular flexibility index (Phi) is 4.24. The van der Waals surface area contributed by atoms with E-state index < -0.39 is 11.0 Å². The molecule has 1 aromatic heterocycles. The second kappa shape index (κ2) is 5.48. The number of rotatable bonds is 5. The normalized spacial score (nSPS) is 12.3. The van der Waals surface area contributed by atoms with E-state index in [0.29, 0.717) is 0 Å². The Labute approximate surface area is 105 Å². The number of aromatic nitrogens is 2. The Bertz CT molecular complexity index is 454. The number of hydrogen-bond donors (Lipinski definition) is 2.